The number of nitrogens with zero attached hydrogens (tertiary/aromatic N) is 3. The number of benzene rings is 1. The van der Waals surface area contributed by atoms with Crippen molar-refractivity contribution in [3.63, 3.8) is 0 Å². The Morgan fingerprint density at radius 3 is 2.41 bits per heavy atom. The first-order chi connectivity index (χ1) is 13.1. The average molecular weight is 369 g/mol. The third kappa shape index (κ3) is 4.51. The number of methoxy groups -OCH3 is 1. The van der Waals surface area contributed by atoms with Crippen LogP contribution in [0.2, 0.25) is 0 Å². The molecule has 0 atom stereocenters. The van der Waals surface area contributed by atoms with Gasteiger partial charge in [-0.3, -0.25) is 0 Å². The van der Waals surface area contributed by atoms with Crippen molar-refractivity contribution in [2.45, 2.75) is 44.3 Å². The molecule has 1 aromatic heterocycles. The van der Waals surface area contributed by atoms with E-state index in [1.807, 2.05) is 30.3 Å². The van der Waals surface area contributed by atoms with E-state index in [1.165, 1.54) is 10.5 Å². The third-order valence-electron chi connectivity index (χ3n) is 5.41. The van der Waals surface area contributed by atoms with Crippen LogP contribution in [0.3, 0.4) is 0 Å². The summed E-state index contributed by atoms with van der Waals surface area (Å²) in [7, 11) is 3.31. The zero-order valence-electron chi connectivity index (χ0n) is 15.9. The van der Waals surface area contributed by atoms with E-state index in [4.69, 9.17) is 4.74 Å². The van der Waals surface area contributed by atoms with Gasteiger partial charge < -0.3 is 19.6 Å². The van der Waals surface area contributed by atoms with Gasteiger partial charge in [0.25, 0.3) is 0 Å². The van der Waals surface area contributed by atoms with Crippen molar-refractivity contribution < 1.29 is 14.6 Å². The Bertz CT molecular complexity index is 745. The minimum absolute atomic E-state index is 0.0909. The summed E-state index contributed by atoms with van der Waals surface area (Å²) in [6.07, 6.45) is 4.48. The number of pyridine rings is 1. The molecule has 0 spiro atoms. The largest absolute Gasteiger partial charge is 0.480 e. The molecule has 144 valence electrons. The summed E-state index contributed by atoms with van der Waals surface area (Å²) in [5, 5.41) is 9.24. The van der Waals surface area contributed by atoms with Gasteiger partial charge in [0.1, 0.15) is 5.69 Å². The van der Waals surface area contributed by atoms with E-state index in [1.54, 1.807) is 20.4 Å². The van der Waals surface area contributed by atoms with Crippen LogP contribution in [0.1, 0.15) is 31.2 Å². The molecule has 1 heterocycles. The van der Waals surface area contributed by atoms with Gasteiger partial charge in [0, 0.05) is 31.9 Å². The highest BCUT2D eigenvalue weighted by Crippen LogP contribution is 2.34. The molecule has 1 aromatic carbocycles. The average Bonchev–Trinajstić information content (AvgIpc) is 2.72. The van der Waals surface area contributed by atoms with Crippen molar-refractivity contribution >= 4 is 11.8 Å². The van der Waals surface area contributed by atoms with Crippen LogP contribution in [0.25, 0.3) is 0 Å². The Labute approximate surface area is 160 Å². The Morgan fingerprint density at radius 1 is 1.11 bits per heavy atom. The molecule has 2 aromatic rings. The third-order valence-corrected chi connectivity index (χ3v) is 5.41. The number of amides is 1. The molecule has 27 heavy (non-hydrogen) atoms. The van der Waals surface area contributed by atoms with Crippen LogP contribution in [0.4, 0.5) is 10.5 Å². The van der Waals surface area contributed by atoms with Gasteiger partial charge in [0.15, 0.2) is 0 Å². The fourth-order valence-corrected chi connectivity index (χ4v) is 3.86. The predicted molar refractivity (Wildman–Crippen MR) is 105 cm³/mol. The molecule has 0 unspecified atom stereocenters. The van der Waals surface area contributed by atoms with Crippen LogP contribution in [0.5, 0.6) is 5.88 Å². The molecule has 0 aliphatic heterocycles. The first kappa shape index (κ1) is 19.0. The molecule has 0 bridgehead atoms. The molecule has 0 radical (unpaired) electrons. The van der Waals surface area contributed by atoms with Crippen LogP contribution in [-0.4, -0.2) is 47.3 Å². The van der Waals surface area contributed by atoms with E-state index in [0.717, 1.165) is 37.9 Å². The molecule has 1 aliphatic carbocycles. The van der Waals surface area contributed by atoms with Gasteiger partial charge in [-0.25, -0.2) is 9.78 Å². The highest BCUT2D eigenvalue weighted by Gasteiger charge is 2.30. The van der Waals surface area contributed by atoms with Gasteiger partial charge in [-0.2, -0.15) is 0 Å². The van der Waals surface area contributed by atoms with E-state index in [2.05, 4.69) is 22.0 Å². The Morgan fingerprint density at radius 2 is 1.78 bits per heavy atom. The lowest BCUT2D eigenvalue weighted by molar-refractivity contribution is 0.123. The molecule has 0 saturated heterocycles. The number of hydrogen-bond acceptors (Lipinski definition) is 4. The van der Waals surface area contributed by atoms with Crippen molar-refractivity contribution in [1.82, 2.24) is 9.88 Å². The first-order valence-corrected chi connectivity index (χ1v) is 9.35. The minimum Gasteiger partial charge on any atom is -0.480 e. The Hall–Kier alpha value is -2.76. The molecule has 6 nitrogen and oxygen atoms in total. The summed E-state index contributed by atoms with van der Waals surface area (Å²) in [4.78, 5) is 19.4. The number of carbonyl (C=O) groups is 1. The van der Waals surface area contributed by atoms with Crippen LogP contribution in [0.15, 0.2) is 48.7 Å². The maximum atomic E-state index is 11.3. The zero-order chi connectivity index (χ0) is 19.2. The fourth-order valence-electron chi connectivity index (χ4n) is 3.86. The molecule has 1 N–H and O–H groups in total. The highest BCUT2D eigenvalue weighted by atomic mass is 16.5. The zero-order valence-corrected chi connectivity index (χ0v) is 15.9. The molecule has 1 fully saturated rings. The molecule has 1 aliphatic rings. The predicted octanol–water partition coefficient (Wildman–Crippen LogP) is 4.02. The lowest BCUT2D eigenvalue weighted by Gasteiger charge is -2.40. The molecular formula is C21H27N3O3. The quantitative estimate of drug-likeness (QED) is 0.833. The summed E-state index contributed by atoms with van der Waals surface area (Å²) in [6.45, 7) is 0.771. The van der Waals surface area contributed by atoms with Gasteiger partial charge in [-0.1, -0.05) is 30.3 Å². The van der Waals surface area contributed by atoms with Crippen LogP contribution >= 0.6 is 0 Å². The minimum atomic E-state index is -0.853. The topological polar surface area (TPSA) is 65.9 Å². The van der Waals surface area contributed by atoms with Crippen LogP contribution in [0, 0.1) is 0 Å². The smallest absolute Gasteiger partial charge is 0.407 e. The molecule has 1 saturated carbocycles. The number of carboxylic acid groups (broad SMARTS) is 1. The molecule has 1 amide bonds. The molecule has 3 rings (SSSR count). The number of hydrogen-bond donors (Lipinski definition) is 1. The summed E-state index contributed by atoms with van der Waals surface area (Å²) in [5.74, 6) is 0.623. The second kappa shape index (κ2) is 8.75. The molecule has 6 heteroatoms. The Balaban J connectivity index is 1.81. The first-order valence-electron chi connectivity index (χ1n) is 9.35. The Kier molecular flexibility index (Phi) is 6.16. The monoisotopic (exact) mass is 369 g/mol. The number of rotatable bonds is 6. The van der Waals surface area contributed by atoms with Gasteiger partial charge in [0.2, 0.25) is 5.88 Å². The lowest BCUT2D eigenvalue weighted by Crippen LogP contribution is -2.44. The number of aromatic nitrogens is 1. The van der Waals surface area contributed by atoms with Crippen molar-refractivity contribution in [3.8, 4) is 5.88 Å². The van der Waals surface area contributed by atoms with Crippen LogP contribution < -0.4 is 9.64 Å². The van der Waals surface area contributed by atoms with Gasteiger partial charge in [-0.05, 0) is 43.4 Å². The standard InChI is InChI=1S/C21H27N3O3/c1-23(21(25)26)17-10-12-18(13-11-17)24(15-16-7-4-3-5-8-16)19-9-6-14-22-20(19)27-2/h3-9,14,17-18H,10-13,15H2,1-2H3,(H,25,26). The number of anilines is 1. The van der Waals surface area contributed by atoms with Gasteiger partial charge >= 0.3 is 6.09 Å². The molecular weight excluding hydrogens is 342 g/mol. The maximum absolute atomic E-state index is 11.3. The summed E-state index contributed by atoms with van der Waals surface area (Å²) in [5.41, 5.74) is 2.21. The summed E-state index contributed by atoms with van der Waals surface area (Å²) in [6, 6.07) is 14.8. The van der Waals surface area contributed by atoms with E-state index in [-0.39, 0.29) is 6.04 Å². The second-order valence-corrected chi connectivity index (χ2v) is 7.00. The van der Waals surface area contributed by atoms with Gasteiger partial charge in [-0.15, -0.1) is 0 Å². The van der Waals surface area contributed by atoms with E-state index < -0.39 is 6.09 Å². The highest BCUT2D eigenvalue weighted by molar-refractivity contribution is 5.65. The van der Waals surface area contributed by atoms with E-state index in [0.29, 0.717) is 11.9 Å². The van der Waals surface area contributed by atoms with Crippen molar-refractivity contribution in [1.29, 1.82) is 0 Å². The van der Waals surface area contributed by atoms with Crippen LogP contribution in [-0.2, 0) is 6.54 Å². The van der Waals surface area contributed by atoms with E-state index >= 15 is 0 Å². The van der Waals surface area contributed by atoms with Crippen molar-refractivity contribution in [2.24, 2.45) is 0 Å². The van der Waals surface area contributed by atoms with E-state index in [9.17, 15) is 9.90 Å². The fraction of sp³-hybridized carbons (Fsp3) is 0.429. The normalized spacial score (nSPS) is 19.3. The van der Waals surface area contributed by atoms with Crippen molar-refractivity contribution in [3.05, 3.63) is 54.2 Å². The maximum Gasteiger partial charge on any atom is 0.407 e. The lowest BCUT2D eigenvalue weighted by atomic mass is 9.89. The van der Waals surface area contributed by atoms with Gasteiger partial charge in [0.05, 0.1) is 7.11 Å². The SMILES string of the molecule is COc1ncccc1N(Cc1ccccc1)C1CCC(N(C)C(=O)O)CC1. The summed E-state index contributed by atoms with van der Waals surface area (Å²) < 4.78 is 5.51. The number of ether oxygens (including phenoxy) is 1. The summed E-state index contributed by atoms with van der Waals surface area (Å²) >= 11 is 0. The second-order valence-electron chi connectivity index (χ2n) is 7.00. The van der Waals surface area contributed by atoms with Crippen molar-refractivity contribution in [2.75, 3.05) is 19.1 Å².